The highest BCUT2D eigenvalue weighted by Gasteiger charge is 2.21. The fourth-order valence-electron chi connectivity index (χ4n) is 5.10. The largest absolute Gasteiger partial charge is 0.493 e. The first-order valence-corrected chi connectivity index (χ1v) is 14.4. The predicted octanol–water partition coefficient (Wildman–Crippen LogP) is 5.50. The molecule has 9 heteroatoms. The van der Waals surface area contributed by atoms with Crippen molar-refractivity contribution in [1.82, 2.24) is 14.8 Å². The third-order valence-electron chi connectivity index (χ3n) is 7.53. The number of fused-ring (bicyclic) bond motifs is 2. The van der Waals surface area contributed by atoms with Crippen LogP contribution in [0.15, 0.2) is 65.5 Å². The lowest BCUT2D eigenvalue weighted by Crippen LogP contribution is -2.45. The number of ether oxygens (including phenoxy) is 2. The number of carbonyl (C=O) groups is 1. The minimum absolute atomic E-state index is 0.118. The summed E-state index contributed by atoms with van der Waals surface area (Å²) in [6, 6.07) is 18.0. The van der Waals surface area contributed by atoms with Crippen molar-refractivity contribution in [1.29, 1.82) is 0 Å². The predicted molar refractivity (Wildman–Crippen MR) is 160 cm³/mol. The van der Waals surface area contributed by atoms with Crippen molar-refractivity contribution >= 4 is 34.3 Å². The highest BCUT2D eigenvalue weighted by Crippen LogP contribution is 2.37. The average molecular weight is 556 g/mol. The Kier molecular flexibility index (Phi) is 7.68. The van der Waals surface area contributed by atoms with Crippen LogP contribution in [0.3, 0.4) is 0 Å². The molecule has 1 aromatic heterocycles. The molecule has 2 N–H and O–H groups in total. The SMILES string of the molecule is COc1cc(-c2ccc3c(c2)Nc2ccc(CCN4CCN(C)CC4)cc2NC3=O)ccc1OCc1cscn1. The van der Waals surface area contributed by atoms with E-state index in [0.717, 1.165) is 73.0 Å². The number of piperazine rings is 1. The van der Waals surface area contributed by atoms with Crippen LogP contribution < -0.4 is 20.1 Å². The molecule has 6 rings (SSSR count). The van der Waals surface area contributed by atoms with Gasteiger partial charge < -0.3 is 29.9 Å². The number of amides is 1. The van der Waals surface area contributed by atoms with Crippen LogP contribution in [0, 0.1) is 0 Å². The molecule has 0 saturated carbocycles. The summed E-state index contributed by atoms with van der Waals surface area (Å²) in [6.07, 6.45) is 0.954. The fraction of sp³-hybridized carbons (Fsp3) is 0.290. The number of methoxy groups -OCH3 is 1. The maximum atomic E-state index is 13.2. The lowest BCUT2D eigenvalue weighted by molar-refractivity contribution is 0.102. The molecular weight excluding hydrogens is 522 g/mol. The van der Waals surface area contributed by atoms with Gasteiger partial charge in [-0.1, -0.05) is 18.2 Å². The molecule has 206 valence electrons. The van der Waals surface area contributed by atoms with E-state index >= 15 is 0 Å². The van der Waals surface area contributed by atoms with E-state index in [0.29, 0.717) is 23.7 Å². The maximum Gasteiger partial charge on any atom is 0.257 e. The number of benzene rings is 3. The minimum Gasteiger partial charge on any atom is -0.493 e. The molecule has 1 fully saturated rings. The second-order valence-corrected chi connectivity index (χ2v) is 11.0. The topological polar surface area (TPSA) is 79.0 Å². The maximum absolute atomic E-state index is 13.2. The van der Waals surface area contributed by atoms with Gasteiger partial charge in [-0.2, -0.15) is 0 Å². The van der Waals surface area contributed by atoms with Crippen LogP contribution in [0.1, 0.15) is 21.6 Å². The summed E-state index contributed by atoms with van der Waals surface area (Å²) < 4.78 is 11.6. The van der Waals surface area contributed by atoms with Crippen molar-refractivity contribution < 1.29 is 14.3 Å². The number of hydrogen-bond donors (Lipinski definition) is 2. The van der Waals surface area contributed by atoms with Crippen molar-refractivity contribution in [2.75, 3.05) is 57.5 Å². The Morgan fingerprint density at radius 1 is 0.900 bits per heavy atom. The molecule has 0 atom stereocenters. The Morgan fingerprint density at radius 3 is 2.52 bits per heavy atom. The number of likely N-dealkylation sites (N-methyl/N-ethyl adjacent to an activating group) is 1. The van der Waals surface area contributed by atoms with Crippen LogP contribution in [0.4, 0.5) is 17.1 Å². The number of carbonyl (C=O) groups excluding carboxylic acids is 1. The molecular formula is C31H33N5O3S. The molecule has 0 spiro atoms. The molecule has 3 aromatic carbocycles. The van der Waals surface area contributed by atoms with Crippen LogP contribution in [0.5, 0.6) is 11.5 Å². The van der Waals surface area contributed by atoms with Crippen molar-refractivity contribution in [3.63, 3.8) is 0 Å². The van der Waals surface area contributed by atoms with E-state index < -0.39 is 0 Å². The first-order chi connectivity index (χ1) is 19.6. The summed E-state index contributed by atoms with van der Waals surface area (Å²) in [5.41, 5.74) is 8.89. The van der Waals surface area contributed by atoms with Gasteiger partial charge >= 0.3 is 0 Å². The van der Waals surface area contributed by atoms with E-state index in [1.165, 1.54) is 5.56 Å². The number of thiazole rings is 1. The van der Waals surface area contributed by atoms with Crippen LogP contribution >= 0.6 is 11.3 Å². The second kappa shape index (κ2) is 11.7. The molecule has 4 aromatic rings. The summed E-state index contributed by atoms with van der Waals surface area (Å²) in [7, 11) is 3.81. The molecule has 0 radical (unpaired) electrons. The van der Waals surface area contributed by atoms with Crippen LogP contribution in [-0.4, -0.2) is 67.6 Å². The standard InChI is InChI=1S/C31H33N5O3S/c1-35-11-13-36(14-12-35)10-9-21-3-7-26-28(15-21)34-31(37)25-6-4-22(16-27(25)33-26)23-5-8-29(30(17-23)38-2)39-18-24-19-40-20-32-24/h3-8,15-17,19-20,33H,9-14,18H2,1-2H3,(H,34,37). The summed E-state index contributed by atoms with van der Waals surface area (Å²) in [4.78, 5) is 22.3. The Morgan fingerprint density at radius 2 is 1.73 bits per heavy atom. The second-order valence-electron chi connectivity index (χ2n) is 10.2. The Labute approximate surface area is 238 Å². The number of hydrogen-bond acceptors (Lipinski definition) is 8. The van der Waals surface area contributed by atoms with Crippen LogP contribution in [0.25, 0.3) is 11.1 Å². The first kappa shape index (κ1) is 26.3. The molecule has 2 aliphatic heterocycles. The van der Waals surface area contributed by atoms with E-state index in [2.05, 4.69) is 50.7 Å². The van der Waals surface area contributed by atoms with Crippen LogP contribution in [-0.2, 0) is 13.0 Å². The van der Waals surface area contributed by atoms with Gasteiger partial charge in [0.1, 0.15) is 6.61 Å². The molecule has 1 amide bonds. The van der Waals surface area contributed by atoms with Crippen molar-refractivity contribution in [3.05, 3.63) is 82.3 Å². The number of rotatable bonds is 8. The summed E-state index contributed by atoms with van der Waals surface area (Å²) in [6.45, 7) is 5.84. The summed E-state index contributed by atoms with van der Waals surface area (Å²) >= 11 is 1.54. The number of aromatic nitrogens is 1. The van der Waals surface area contributed by atoms with E-state index in [-0.39, 0.29) is 5.91 Å². The lowest BCUT2D eigenvalue weighted by Gasteiger charge is -2.32. The molecule has 0 bridgehead atoms. The average Bonchev–Trinajstić information content (AvgIpc) is 3.46. The highest BCUT2D eigenvalue weighted by molar-refractivity contribution is 7.07. The lowest BCUT2D eigenvalue weighted by atomic mass is 10.0. The Hall–Kier alpha value is -3.92. The summed E-state index contributed by atoms with van der Waals surface area (Å²) in [5.74, 6) is 1.18. The van der Waals surface area contributed by atoms with E-state index in [1.54, 1.807) is 24.0 Å². The molecule has 1 saturated heterocycles. The molecule has 8 nitrogen and oxygen atoms in total. The minimum atomic E-state index is -0.118. The number of nitrogens with zero attached hydrogens (tertiary/aromatic N) is 3. The number of nitrogens with one attached hydrogen (secondary N) is 2. The van der Waals surface area contributed by atoms with Gasteiger partial charge in [-0.15, -0.1) is 11.3 Å². The molecule has 3 heterocycles. The monoisotopic (exact) mass is 555 g/mol. The molecule has 0 aliphatic carbocycles. The van der Waals surface area contributed by atoms with Crippen LogP contribution in [0.2, 0.25) is 0 Å². The van der Waals surface area contributed by atoms with E-state index in [4.69, 9.17) is 9.47 Å². The third-order valence-corrected chi connectivity index (χ3v) is 8.17. The quantitative estimate of drug-likeness (QED) is 0.297. The van der Waals surface area contributed by atoms with E-state index in [9.17, 15) is 4.79 Å². The fourth-order valence-corrected chi connectivity index (χ4v) is 5.65. The van der Waals surface area contributed by atoms with Gasteiger partial charge in [-0.3, -0.25) is 4.79 Å². The molecule has 40 heavy (non-hydrogen) atoms. The zero-order chi connectivity index (χ0) is 27.5. The summed E-state index contributed by atoms with van der Waals surface area (Å²) in [5, 5.41) is 8.57. The van der Waals surface area contributed by atoms with Gasteiger partial charge in [0.15, 0.2) is 11.5 Å². The van der Waals surface area contributed by atoms with Crippen molar-refractivity contribution in [3.8, 4) is 22.6 Å². The van der Waals surface area contributed by atoms with Crippen molar-refractivity contribution in [2.45, 2.75) is 13.0 Å². The normalized spacial score (nSPS) is 15.4. The smallest absolute Gasteiger partial charge is 0.257 e. The zero-order valence-corrected chi connectivity index (χ0v) is 23.6. The Balaban J connectivity index is 1.19. The van der Waals surface area contributed by atoms with E-state index in [1.807, 2.05) is 41.8 Å². The molecule has 0 unspecified atom stereocenters. The van der Waals surface area contributed by atoms with Gasteiger partial charge in [0, 0.05) is 38.1 Å². The third kappa shape index (κ3) is 5.82. The van der Waals surface area contributed by atoms with Gasteiger partial charge in [0.2, 0.25) is 0 Å². The van der Waals surface area contributed by atoms with Crippen molar-refractivity contribution in [2.24, 2.45) is 0 Å². The highest BCUT2D eigenvalue weighted by atomic mass is 32.1. The number of anilines is 3. The van der Waals surface area contributed by atoms with Gasteiger partial charge in [-0.25, -0.2) is 4.98 Å². The van der Waals surface area contributed by atoms with Gasteiger partial charge in [-0.05, 0) is 66.6 Å². The Bertz CT molecular complexity index is 1500. The first-order valence-electron chi connectivity index (χ1n) is 13.5. The van der Waals surface area contributed by atoms with Gasteiger partial charge in [0.05, 0.1) is 40.9 Å². The van der Waals surface area contributed by atoms with Gasteiger partial charge in [0.25, 0.3) is 5.91 Å². The molecule has 2 aliphatic rings. The zero-order valence-electron chi connectivity index (χ0n) is 22.8.